The maximum atomic E-state index is 13.7. The average molecular weight is 339 g/mol. The summed E-state index contributed by atoms with van der Waals surface area (Å²) in [5, 5.41) is 3.43. The van der Waals surface area contributed by atoms with Crippen LogP contribution in [0.25, 0.3) is 11.0 Å². The Hall–Kier alpha value is -2.95. The van der Waals surface area contributed by atoms with Crippen LogP contribution in [0.15, 0.2) is 57.7 Å². The smallest absolute Gasteiger partial charge is 0.336 e. The number of fused-ring (bicyclic) bond motifs is 1. The van der Waals surface area contributed by atoms with E-state index in [1.807, 2.05) is 12.1 Å². The highest BCUT2D eigenvalue weighted by Gasteiger charge is 2.13. The molecule has 0 aliphatic rings. The summed E-state index contributed by atoms with van der Waals surface area (Å²) in [4.78, 5) is 23.9. The van der Waals surface area contributed by atoms with Crippen molar-refractivity contribution in [3.8, 4) is 0 Å². The molecule has 0 unspecified atom stereocenters. The third-order valence-corrected chi connectivity index (χ3v) is 4.08. The predicted octanol–water partition coefficient (Wildman–Crippen LogP) is 3.99. The van der Waals surface area contributed by atoms with Gasteiger partial charge >= 0.3 is 5.63 Å². The van der Waals surface area contributed by atoms with Crippen molar-refractivity contribution in [1.82, 2.24) is 5.32 Å². The molecule has 0 spiro atoms. The number of nitrogens with one attached hydrogen (secondary N) is 1. The Balaban J connectivity index is 1.92. The van der Waals surface area contributed by atoms with Crippen molar-refractivity contribution >= 4 is 16.9 Å². The molecule has 25 heavy (non-hydrogen) atoms. The summed E-state index contributed by atoms with van der Waals surface area (Å²) in [5.74, 6) is -0.795. The topological polar surface area (TPSA) is 59.3 Å². The van der Waals surface area contributed by atoms with E-state index in [0.717, 1.165) is 10.9 Å². The molecule has 0 atom stereocenters. The molecular formula is C20H18FNO3. The van der Waals surface area contributed by atoms with Gasteiger partial charge in [-0.25, -0.2) is 9.18 Å². The summed E-state index contributed by atoms with van der Waals surface area (Å²) in [5.41, 5.74) is 1.69. The molecule has 1 N–H and O–H groups in total. The van der Waals surface area contributed by atoms with Crippen LogP contribution in [0.2, 0.25) is 0 Å². The Bertz CT molecular complexity index is 992. The fraction of sp³-hybridized carbons (Fsp3) is 0.200. The first-order valence-electron chi connectivity index (χ1n) is 8.05. The van der Waals surface area contributed by atoms with Crippen LogP contribution in [0, 0.1) is 5.82 Å². The molecule has 0 aliphatic heterocycles. The minimum absolute atomic E-state index is 0.0300. The summed E-state index contributed by atoms with van der Waals surface area (Å²) in [6.45, 7) is 4.25. The number of rotatable bonds is 4. The molecule has 5 heteroatoms. The first-order chi connectivity index (χ1) is 12.0. The largest absolute Gasteiger partial charge is 0.423 e. The molecule has 0 fully saturated rings. The van der Waals surface area contributed by atoms with Gasteiger partial charge in [-0.3, -0.25) is 4.79 Å². The van der Waals surface area contributed by atoms with Crippen LogP contribution in [0.1, 0.15) is 41.3 Å². The van der Waals surface area contributed by atoms with E-state index in [9.17, 15) is 14.0 Å². The Labute approximate surface area is 144 Å². The second-order valence-electron chi connectivity index (χ2n) is 6.16. The molecule has 2 aromatic carbocycles. The zero-order valence-corrected chi connectivity index (χ0v) is 14.0. The van der Waals surface area contributed by atoms with E-state index in [1.165, 1.54) is 24.3 Å². The van der Waals surface area contributed by atoms with Crippen LogP contribution in [-0.4, -0.2) is 5.91 Å². The molecule has 4 nitrogen and oxygen atoms in total. The van der Waals surface area contributed by atoms with Crippen molar-refractivity contribution in [2.45, 2.75) is 26.3 Å². The first-order valence-corrected chi connectivity index (χ1v) is 8.05. The molecule has 128 valence electrons. The summed E-state index contributed by atoms with van der Waals surface area (Å²) >= 11 is 0. The fourth-order valence-electron chi connectivity index (χ4n) is 2.67. The maximum Gasteiger partial charge on any atom is 0.336 e. The second-order valence-corrected chi connectivity index (χ2v) is 6.16. The van der Waals surface area contributed by atoms with Gasteiger partial charge in [-0.1, -0.05) is 32.0 Å². The van der Waals surface area contributed by atoms with Gasteiger partial charge in [0.15, 0.2) is 0 Å². The molecule has 0 bridgehead atoms. The molecule has 0 saturated heterocycles. The minimum atomic E-state index is -0.584. The lowest BCUT2D eigenvalue weighted by Gasteiger charge is -2.11. The Morgan fingerprint density at radius 1 is 1.16 bits per heavy atom. The van der Waals surface area contributed by atoms with Crippen LogP contribution in [-0.2, 0) is 6.54 Å². The number of hydrogen-bond donors (Lipinski definition) is 1. The van der Waals surface area contributed by atoms with E-state index in [-0.39, 0.29) is 12.1 Å². The second kappa shape index (κ2) is 6.89. The van der Waals surface area contributed by atoms with Gasteiger partial charge in [-0.15, -0.1) is 0 Å². The molecule has 1 amide bonds. The van der Waals surface area contributed by atoms with Crippen LogP contribution in [0.4, 0.5) is 4.39 Å². The number of halogens is 1. The molecular weight excluding hydrogens is 321 g/mol. The molecule has 0 radical (unpaired) electrons. The zero-order chi connectivity index (χ0) is 18.0. The van der Waals surface area contributed by atoms with Crippen molar-refractivity contribution in [1.29, 1.82) is 0 Å². The van der Waals surface area contributed by atoms with Crippen molar-refractivity contribution in [3.05, 3.63) is 81.5 Å². The van der Waals surface area contributed by atoms with Crippen LogP contribution >= 0.6 is 0 Å². The van der Waals surface area contributed by atoms with Gasteiger partial charge in [-0.2, -0.15) is 0 Å². The quantitative estimate of drug-likeness (QED) is 0.731. The number of hydrogen-bond acceptors (Lipinski definition) is 3. The summed E-state index contributed by atoms with van der Waals surface area (Å²) in [6, 6.07) is 12.7. The third kappa shape index (κ3) is 3.60. The van der Waals surface area contributed by atoms with E-state index in [1.54, 1.807) is 12.1 Å². The van der Waals surface area contributed by atoms with E-state index >= 15 is 0 Å². The molecule has 3 rings (SSSR count). The monoisotopic (exact) mass is 339 g/mol. The number of carbonyl (C=O) groups excluding carboxylic acids is 1. The van der Waals surface area contributed by atoms with Gasteiger partial charge in [0.05, 0.1) is 5.56 Å². The summed E-state index contributed by atoms with van der Waals surface area (Å²) < 4.78 is 18.9. The van der Waals surface area contributed by atoms with Crippen molar-refractivity contribution in [2.24, 2.45) is 0 Å². The minimum Gasteiger partial charge on any atom is -0.423 e. The van der Waals surface area contributed by atoms with Gasteiger partial charge in [0.25, 0.3) is 5.91 Å². The summed E-state index contributed by atoms with van der Waals surface area (Å²) in [7, 11) is 0. The van der Waals surface area contributed by atoms with Crippen LogP contribution in [0.3, 0.4) is 0 Å². The van der Waals surface area contributed by atoms with Gasteiger partial charge in [0.2, 0.25) is 0 Å². The van der Waals surface area contributed by atoms with Crippen molar-refractivity contribution in [2.75, 3.05) is 0 Å². The third-order valence-electron chi connectivity index (χ3n) is 4.08. The van der Waals surface area contributed by atoms with Gasteiger partial charge in [0, 0.05) is 18.0 Å². The molecule has 1 heterocycles. The molecule has 3 aromatic rings. The van der Waals surface area contributed by atoms with Gasteiger partial charge < -0.3 is 9.73 Å². The predicted molar refractivity (Wildman–Crippen MR) is 94.1 cm³/mol. The molecule has 0 saturated carbocycles. The van der Waals surface area contributed by atoms with E-state index in [4.69, 9.17) is 4.42 Å². The standard InChI is InChI=1S/C20H18FNO3/c1-12(2)13-7-8-18-16(9-13)14(10-19(23)25-18)11-22-20(24)15-5-3-4-6-17(15)21/h3-10,12H,11H2,1-2H3,(H,22,24). The Kier molecular flexibility index (Phi) is 4.65. The van der Waals surface area contributed by atoms with E-state index < -0.39 is 17.3 Å². The highest BCUT2D eigenvalue weighted by Crippen LogP contribution is 2.23. The van der Waals surface area contributed by atoms with Crippen LogP contribution < -0.4 is 10.9 Å². The van der Waals surface area contributed by atoms with E-state index in [2.05, 4.69) is 19.2 Å². The Morgan fingerprint density at radius 2 is 1.92 bits per heavy atom. The number of carbonyl (C=O) groups is 1. The van der Waals surface area contributed by atoms with Crippen molar-refractivity contribution in [3.63, 3.8) is 0 Å². The highest BCUT2D eigenvalue weighted by atomic mass is 19.1. The highest BCUT2D eigenvalue weighted by molar-refractivity contribution is 5.94. The van der Waals surface area contributed by atoms with Gasteiger partial charge in [-0.05, 0) is 41.3 Å². The lowest BCUT2D eigenvalue weighted by atomic mass is 9.99. The molecule has 1 aromatic heterocycles. The summed E-state index contributed by atoms with van der Waals surface area (Å²) in [6.07, 6.45) is 0. The number of benzene rings is 2. The van der Waals surface area contributed by atoms with Crippen LogP contribution in [0.5, 0.6) is 0 Å². The zero-order valence-electron chi connectivity index (χ0n) is 14.0. The lowest BCUT2D eigenvalue weighted by Crippen LogP contribution is -2.24. The van der Waals surface area contributed by atoms with Gasteiger partial charge in [0.1, 0.15) is 11.4 Å². The normalized spacial score (nSPS) is 11.0. The molecule has 0 aliphatic carbocycles. The lowest BCUT2D eigenvalue weighted by molar-refractivity contribution is 0.0947. The fourth-order valence-corrected chi connectivity index (χ4v) is 2.67. The Morgan fingerprint density at radius 3 is 2.64 bits per heavy atom. The average Bonchev–Trinajstić information content (AvgIpc) is 2.59. The maximum absolute atomic E-state index is 13.7. The van der Waals surface area contributed by atoms with Crippen molar-refractivity contribution < 1.29 is 13.6 Å². The first kappa shape index (κ1) is 16.9. The number of amides is 1. The van der Waals surface area contributed by atoms with E-state index in [0.29, 0.717) is 17.1 Å². The SMILES string of the molecule is CC(C)c1ccc2oc(=O)cc(CNC(=O)c3ccccc3F)c2c1.